The van der Waals surface area contributed by atoms with E-state index in [4.69, 9.17) is 4.52 Å². The van der Waals surface area contributed by atoms with E-state index in [1.54, 1.807) is 0 Å². The predicted octanol–water partition coefficient (Wildman–Crippen LogP) is 3.82. The number of nitrogens with zero attached hydrogens (tertiary/aromatic N) is 3. The van der Waals surface area contributed by atoms with E-state index in [9.17, 15) is 4.79 Å². The highest BCUT2D eigenvalue weighted by Gasteiger charge is 2.30. The first-order valence-corrected chi connectivity index (χ1v) is 8.63. The van der Waals surface area contributed by atoms with Gasteiger partial charge in [-0.25, -0.2) is 0 Å². The molecule has 5 rings (SSSR count). The van der Waals surface area contributed by atoms with Crippen LogP contribution in [0, 0.1) is 0 Å². The summed E-state index contributed by atoms with van der Waals surface area (Å²) >= 11 is 0. The molecular formula is C20H17N3O2. The largest absolute Gasteiger partial charge is 0.339 e. The van der Waals surface area contributed by atoms with E-state index < -0.39 is 0 Å². The van der Waals surface area contributed by atoms with Crippen LogP contribution >= 0.6 is 0 Å². The van der Waals surface area contributed by atoms with Crippen LogP contribution in [0.4, 0.5) is 5.69 Å². The van der Waals surface area contributed by atoms with Gasteiger partial charge in [-0.1, -0.05) is 35.5 Å². The van der Waals surface area contributed by atoms with Crippen LogP contribution in [-0.2, 0) is 6.42 Å². The molecule has 0 N–H and O–H groups in total. The Morgan fingerprint density at radius 2 is 1.88 bits per heavy atom. The first-order chi connectivity index (χ1) is 12.3. The molecule has 3 aromatic rings. The molecule has 0 saturated heterocycles. The molecule has 5 nitrogen and oxygen atoms in total. The molecule has 1 fully saturated rings. The maximum atomic E-state index is 12.8. The Kier molecular flexibility index (Phi) is 3.20. The van der Waals surface area contributed by atoms with Gasteiger partial charge in [-0.3, -0.25) is 4.79 Å². The van der Waals surface area contributed by atoms with Crippen LogP contribution in [0.3, 0.4) is 0 Å². The molecule has 5 heteroatoms. The van der Waals surface area contributed by atoms with Gasteiger partial charge in [-0.2, -0.15) is 4.98 Å². The summed E-state index contributed by atoms with van der Waals surface area (Å²) in [5, 5.41) is 4.05. The fraction of sp³-hybridized carbons (Fsp3) is 0.250. The van der Waals surface area contributed by atoms with Crippen molar-refractivity contribution in [1.82, 2.24) is 10.1 Å². The molecule has 2 aromatic carbocycles. The first kappa shape index (κ1) is 14.4. The van der Waals surface area contributed by atoms with Crippen molar-refractivity contribution in [2.75, 3.05) is 11.4 Å². The highest BCUT2D eigenvalue weighted by molar-refractivity contribution is 6.07. The maximum Gasteiger partial charge on any atom is 0.258 e. The molecule has 0 radical (unpaired) electrons. The van der Waals surface area contributed by atoms with Crippen molar-refractivity contribution in [2.45, 2.75) is 25.2 Å². The third kappa shape index (κ3) is 2.52. The number of carbonyl (C=O) groups is 1. The summed E-state index contributed by atoms with van der Waals surface area (Å²) in [5.41, 5.74) is 3.79. The molecule has 25 heavy (non-hydrogen) atoms. The average molecular weight is 331 g/mol. The summed E-state index contributed by atoms with van der Waals surface area (Å²) in [5.74, 6) is 1.79. The van der Waals surface area contributed by atoms with E-state index >= 15 is 0 Å². The van der Waals surface area contributed by atoms with E-state index in [0.29, 0.717) is 17.3 Å². The van der Waals surface area contributed by atoms with Crippen molar-refractivity contribution in [3.8, 4) is 11.4 Å². The number of benzene rings is 2. The normalized spacial score (nSPS) is 16.1. The smallest absolute Gasteiger partial charge is 0.258 e. The Labute approximate surface area is 145 Å². The third-order valence-electron chi connectivity index (χ3n) is 4.89. The Morgan fingerprint density at radius 1 is 1.08 bits per heavy atom. The second kappa shape index (κ2) is 5.55. The molecule has 1 aromatic heterocycles. The number of anilines is 1. The van der Waals surface area contributed by atoms with Crippen molar-refractivity contribution in [3.63, 3.8) is 0 Å². The molecule has 0 bridgehead atoms. The minimum absolute atomic E-state index is 0.0308. The zero-order valence-electron chi connectivity index (χ0n) is 13.7. The molecule has 124 valence electrons. The second-order valence-corrected chi connectivity index (χ2v) is 6.64. The Morgan fingerprint density at radius 3 is 2.68 bits per heavy atom. The number of hydrogen-bond donors (Lipinski definition) is 0. The summed E-state index contributed by atoms with van der Waals surface area (Å²) in [6, 6.07) is 15.5. The number of rotatable bonds is 3. The lowest BCUT2D eigenvalue weighted by molar-refractivity contribution is 0.0989. The van der Waals surface area contributed by atoms with Gasteiger partial charge in [0.25, 0.3) is 5.91 Å². The Hall–Kier alpha value is -2.95. The minimum Gasteiger partial charge on any atom is -0.339 e. The quantitative estimate of drug-likeness (QED) is 0.732. The number of hydrogen-bond acceptors (Lipinski definition) is 4. The molecular weight excluding hydrogens is 314 g/mol. The summed E-state index contributed by atoms with van der Waals surface area (Å²) in [6.07, 6.45) is 3.17. The van der Waals surface area contributed by atoms with Crippen molar-refractivity contribution >= 4 is 11.6 Å². The van der Waals surface area contributed by atoms with Crippen LogP contribution < -0.4 is 4.90 Å². The van der Waals surface area contributed by atoms with E-state index in [1.807, 2.05) is 47.4 Å². The van der Waals surface area contributed by atoms with Crippen LogP contribution in [0.2, 0.25) is 0 Å². The second-order valence-electron chi connectivity index (χ2n) is 6.64. The zero-order valence-corrected chi connectivity index (χ0v) is 13.7. The number of carbonyl (C=O) groups excluding carboxylic acids is 1. The molecule has 2 heterocycles. The third-order valence-corrected chi connectivity index (χ3v) is 4.89. The molecule has 0 atom stereocenters. The summed E-state index contributed by atoms with van der Waals surface area (Å²) in [6.45, 7) is 0.732. The highest BCUT2D eigenvalue weighted by Crippen LogP contribution is 2.39. The minimum atomic E-state index is 0.0308. The number of para-hydroxylation sites is 1. The van der Waals surface area contributed by atoms with Gasteiger partial charge >= 0.3 is 0 Å². The topological polar surface area (TPSA) is 59.2 Å². The van der Waals surface area contributed by atoms with Gasteiger partial charge in [0.2, 0.25) is 11.7 Å². The van der Waals surface area contributed by atoms with E-state index in [0.717, 1.165) is 42.9 Å². The number of aromatic nitrogens is 2. The molecule has 1 aliphatic carbocycles. The van der Waals surface area contributed by atoms with Gasteiger partial charge in [0.1, 0.15) is 0 Å². The van der Waals surface area contributed by atoms with E-state index in [2.05, 4.69) is 16.2 Å². The molecule has 1 aliphatic heterocycles. The van der Waals surface area contributed by atoms with Crippen LogP contribution in [0.1, 0.15) is 40.6 Å². The zero-order chi connectivity index (χ0) is 16.8. The monoisotopic (exact) mass is 331 g/mol. The molecule has 0 spiro atoms. The summed E-state index contributed by atoms with van der Waals surface area (Å²) in [4.78, 5) is 19.1. The molecule has 2 aliphatic rings. The van der Waals surface area contributed by atoms with Crippen LogP contribution in [-0.4, -0.2) is 22.6 Å². The van der Waals surface area contributed by atoms with Crippen molar-refractivity contribution in [3.05, 3.63) is 65.5 Å². The lowest BCUT2D eigenvalue weighted by atomic mass is 10.1. The van der Waals surface area contributed by atoms with Gasteiger partial charge in [-0.15, -0.1) is 0 Å². The predicted molar refractivity (Wildman–Crippen MR) is 93.5 cm³/mol. The lowest BCUT2D eigenvalue weighted by Gasteiger charge is -2.17. The highest BCUT2D eigenvalue weighted by atomic mass is 16.5. The van der Waals surface area contributed by atoms with Crippen LogP contribution in [0.25, 0.3) is 11.4 Å². The van der Waals surface area contributed by atoms with E-state index in [1.165, 1.54) is 5.56 Å². The average Bonchev–Trinajstić information content (AvgIpc) is 3.23. The van der Waals surface area contributed by atoms with E-state index in [-0.39, 0.29) is 5.91 Å². The Balaban J connectivity index is 1.39. The van der Waals surface area contributed by atoms with Crippen molar-refractivity contribution in [2.24, 2.45) is 0 Å². The van der Waals surface area contributed by atoms with Crippen LogP contribution in [0.15, 0.2) is 53.1 Å². The molecule has 1 saturated carbocycles. The van der Waals surface area contributed by atoms with Crippen molar-refractivity contribution in [1.29, 1.82) is 0 Å². The molecule has 0 unspecified atom stereocenters. The van der Waals surface area contributed by atoms with Crippen LogP contribution in [0.5, 0.6) is 0 Å². The molecule has 1 amide bonds. The van der Waals surface area contributed by atoms with Gasteiger partial charge < -0.3 is 9.42 Å². The SMILES string of the molecule is O=C(c1ccc(-c2noc(C3CC3)n2)cc1)N1CCc2ccccc21. The maximum absolute atomic E-state index is 12.8. The summed E-state index contributed by atoms with van der Waals surface area (Å²) < 4.78 is 5.30. The number of fused-ring (bicyclic) bond motifs is 1. The first-order valence-electron chi connectivity index (χ1n) is 8.63. The summed E-state index contributed by atoms with van der Waals surface area (Å²) in [7, 11) is 0. The van der Waals surface area contributed by atoms with Gasteiger partial charge in [0.15, 0.2) is 0 Å². The van der Waals surface area contributed by atoms with Gasteiger partial charge in [0, 0.05) is 29.3 Å². The Bertz CT molecular complexity index is 942. The number of amides is 1. The van der Waals surface area contributed by atoms with Gasteiger partial charge in [-0.05, 0) is 43.0 Å². The standard InChI is InChI=1S/C20H17N3O2/c24-20(23-12-11-13-3-1-2-4-17(13)23)16-9-5-14(6-10-16)18-21-19(25-22-18)15-7-8-15/h1-6,9-10,15H,7-8,11-12H2. The fourth-order valence-corrected chi connectivity index (χ4v) is 3.32. The lowest BCUT2D eigenvalue weighted by Crippen LogP contribution is -2.28. The fourth-order valence-electron chi connectivity index (χ4n) is 3.32. The van der Waals surface area contributed by atoms with Gasteiger partial charge in [0.05, 0.1) is 0 Å². The van der Waals surface area contributed by atoms with Crippen molar-refractivity contribution < 1.29 is 9.32 Å².